The van der Waals surface area contributed by atoms with E-state index in [0.29, 0.717) is 63.2 Å². The van der Waals surface area contributed by atoms with Crippen LogP contribution in [0.4, 0.5) is 23.7 Å². The van der Waals surface area contributed by atoms with E-state index >= 15 is 0 Å². The Balaban J connectivity index is 1.66. The maximum Gasteiger partial charge on any atom is 0.416 e. The van der Waals surface area contributed by atoms with Gasteiger partial charge in [-0.3, -0.25) is 9.59 Å². The number of halogens is 3. The Morgan fingerprint density at radius 1 is 1.18 bits per heavy atom. The largest absolute Gasteiger partial charge is 0.465 e. The highest BCUT2D eigenvalue weighted by atomic mass is 19.4. The second-order valence-electron chi connectivity index (χ2n) is 10.9. The molecule has 3 heterocycles. The number of ether oxygens (including phenoxy) is 1. The molecule has 218 valence electrons. The fourth-order valence-corrected chi connectivity index (χ4v) is 5.50. The first kappa shape index (κ1) is 29.4. The lowest BCUT2D eigenvalue weighted by Gasteiger charge is -2.40. The first-order chi connectivity index (χ1) is 18.8. The molecule has 1 atom stereocenters. The van der Waals surface area contributed by atoms with E-state index in [-0.39, 0.29) is 22.7 Å². The van der Waals surface area contributed by atoms with Crippen molar-refractivity contribution >= 4 is 17.7 Å². The summed E-state index contributed by atoms with van der Waals surface area (Å²) in [4.78, 5) is 39.5. The molecule has 2 fully saturated rings. The average Bonchev–Trinajstić information content (AvgIpc) is 2.88. The van der Waals surface area contributed by atoms with E-state index in [1.165, 1.54) is 34.7 Å². The first-order valence-corrected chi connectivity index (χ1v) is 13.4. The highest BCUT2D eigenvalue weighted by Crippen LogP contribution is 2.35. The second kappa shape index (κ2) is 11.5. The Morgan fingerprint density at radius 3 is 2.42 bits per heavy atom. The number of nitrogens with zero attached hydrogens (tertiary/aromatic N) is 2. The van der Waals surface area contributed by atoms with Crippen molar-refractivity contribution in [3.05, 3.63) is 63.1 Å². The maximum absolute atomic E-state index is 13.7. The molecule has 1 aromatic carbocycles. The number of alkyl halides is 3. The van der Waals surface area contributed by atoms with Crippen molar-refractivity contribution in [3.8, 4) is 0 Å². The molecule has 3 N–H and O–H groups in total. The van der Waals surface area contributed by atoms with Crippen LogP contribution in [0.2, 0.25) is 0 Å². The molecule has 0 saturated carbocycles. The van der Waals surface area contributed by atoms with Gasteiger partial charge in [-0.15, -0.1) is 0 Å². The van der Waals surface area contributed by atoms with Crippen LogP contribution in [-0.4, -0.2) is 58.4 Å². The molecule has 40 heavy (non-hydrogen) atoms. The summed E-state index contributed by atoms with van der Waals surface area (Å²) in [6.07, 6.45) is -1.87. The molecule has 0 unspecified atom stereocenters. The van der Waals surface area contributed by atoms with Crippen LogP contribution in [0.5, 0.6) is 0 Å². The molecule has 2 saturated heterocycles. The quantitative estimate of drug-likeness (QED) is 0.457. The zero-order chi connectivity index (χ0) is 29.2. The number of aromatic nitrogens is 1. The van der Waals surface area contributed by atoms with Gasteiger partial charge in [0.2, 0.25) is 0 Å². The summed E-state index contributed by atoms with van der Waals surface area (Å²) in [5.41, 5.74) is -0.785. The summed E-state index contributed by atoms with van der Waals surface area (Å²) in [6, 6.07) is 4.35. The SMILES string of the molecule is Cc1c([C@@H](C)NC(=O)c2cn(C3CCOCC3)c(=O)cc2NC2(C)CCN(C(=O)O)CC2)cccc1C(F)(F)F. The van der Waals surface area contributed by atoms with Gasteiger partial charge in [-0.2, -0.15) is 13.2 Å². The zero-order valence-corrected chi connectivity index (χ0v) is 22.8. The van der Waals surface area contributed by atoms with Crippen LogP contribution in [-0.2, 0) is 10.9 Å². The fraction of sp³-hybridized carbons (Fsp3) is 0.536. The highest BCUT2D eigenvalue weighted by molar-refractivity contribution is 5.99. The third-order valence-corrected chi connectivity index (χ3v) is 7.98. The topological polar surface area (TPSA) is 113 Å². The molecule has 0 radical (unpaired) electrons. The van der Waals surface area contributed by atoms with Crippen molar-refractivity contribution in [2.24, 2.45) is 0 Å². The van der Waals surface area contributed by atoms with Gasteiger partial charge in [0.25, 0.3) is 11.5 Å². The minimum atomic E-state index is -4.52. The van der Waals surface area contributed by atoms with Crippen LogP contribution in [0.1, 0.15) is 78.7 Å². The van der Waals surface area contributed by atoms with E-state index in [2.05, 4.69) is 10.6 Å². The highest BCUT2D eigenvalue weighted by Gasteiger charge is 2.35. The van der Waals surface area contributed by atoms with Crippen LogP contribution in [0.3, 0.4) is 0 Å². The van der Waals surface area contributed by atoms with Crippen molar-refractivity contribution in [2.75, 3.05) is 31.6 Å². The number of carboxylic acid groups (broad SMARTS) is 1. The number of hydrogen-bond acceptors (Lipinski definition) is 5. The van der Waals surface area contributed by atoms with Crippen LogP contribution < -0.4 is 16.2 Å². The third kappa shape index (κ3) is 6.43. The molecule has 12 heteroatoms. The molecule has 2 aliphatic heterocycles. The van der Waals surface area contributed by atoms with Crippen LogP contribution in [0.15, 0.2) is 35.3 Å². The summed E-state index contributed by atoms with van der Waals surface area (Å²) in [5.74, 6) is -0.542. The van der Waals surface area contributed by atoms with Crippen LogP contribution >= 0.6 is 0 Å². The van der Waals surface area contributed by atoms with E-state index < -0.39 is 35.3 Å². The number of hydrogen-bond donors (Lipinski definition) is 3. The summed E-state index contributed by atoms with van der Waals surface area (Å²) in [7, 11) is 0. The van der Waals surface area contributed by atoms with Gasteiger partial charge in [0, 0.05) is 50.1 Å². The predicted octanol–water partition coefficient (Wildman–Crippen LogP) is 4.96. The molecule has 0 aliphatic carbocycles. The average molecular weight is 565 g/mol. The predicted molar refractivity (Wildman–Crippen MR) is 143 cm³/mol. The molecule has 0 bridgehead atoms. The number of carbonyl (C=O) groups excluding carboxylic acids is 1. The molecule has 9 nitrogen and oxygen atoms in total. The summed E-state index contributed by atoms with van der Waals surface area (Å²) in [6.45, 7) is 6.48. The summed E-state index contributed by atoms with van der Waals surface area (Å²) in [5, 5.41) is 15.4. The Hall–Kier alpha value is -3.54. The Bertz CT molecular complexity index is 1310. The maximum atomic E-state index is 13.7. The lowest BCUT2D eigenvalue weighted by molar-refractivity contribution is -0.138. The Kier molecular flexibility index (Phi) is 8.48. The van der Waals surface area contributed by atoms with E-state index in [4.69, 9.17) is 4.74 Å². The lowest BCUT2D eigenvalue weighted by atomic mass is 9.89. The van der Waals surface area contributed by atoms with Gasteiger partial charge in [0.05, 0.1) is 22.9 Å². The number of pyridine rings is 1. The molecule has 2 amide bonds. The monoisotopic (exact) mass is 564 g/mol. The Morgan fingerprint density at radius 2 is 1.82 bits per heavy atom. The van der Waals surface area contributed by atoms with Gasteiger partial charge in [0.15, 0.2) is 0 Å². The lowest BCUT2D eigenvalue weighted by Crippen LogP contribution is -2.49. The number of anilines is 1. The van der Waals surface area contributed by atoms with Crippen LogP contribution in [0.25, 0.3) is 0 Å². The number of amides is 2. The fourth-order valence-electron chi connectivity index (χ4n) is 5.50. The molecule has 2 aliphatic rings. The van der Waals surface area contributed by atoms with Crippen molar-refractivity contribution in [2.45, 2.75) is 70.3 Å². The van der Waals surface area contributed by atoms with Gasteiger partial charge >= 0.3 is 12.3 Å². The van der Waals surface area contributed by atoms with Crippen molar-refractivity contribution in [1.82, 2.24) is 14.8 Å². The minimum Gasteiger partial charge on any atom is -0.465 e. The standard InChI is InChI=1S/C28H35F3N4O5/c1-17-20(5-4-6-22(17)28(29,30)31)18(2)32-25(37)21-16-35(19-7-13-40-14-8-19)24(36)15-23(21)33-27(3)9-11-34(12-10-27)26(38)39/h4-6,15-16,18-19,33H,7-14H2,1-3H3,(H,32,37)(H,38,39)/t18-/m1/s1. The molecule has 1 aromatic heterocycles. The van der Waals surface area contributed by atoms with Crippen molar-refractivity contribution < 1.29 is 32.6 Å². The van der Waals surface area contributed by atoms with Crippen molar-refractivity contribution in [3.63, 3.8) is 0 Å². The van der Waals surface area contributed by atoms with Gasteiger partial charge in [0.1, 0.15) is 0 Å². The molecular weight excluding hydrogens is 529 g/mol. The van der Waals surface area contributed by atoms with E-state index in [9.17, 15) is 32.7 Å². The Labute approximate surface area is 230 Å². The van der Waals surface area contributed by atoms with Crippen molar-refractivity contribution in [1.29, 1.82) is 0 Å². The first-order valence-electron chi connectivity index (χ1n) is 13.4. The van der Waals surface area contributed by atoms with Gasteiger partial charge in [-0.05, 0) is 63.6 Å². The minimum absolute atomic E-state index is 0.0334. The number of benzene rings is 1. The molecule has 2 aromatic rings. The van der Waals surface area contributed by atoms with E-state index in [0.717, 1.165) is 6.07 Å². The van der Waals surface area contributed by atoms with E-state index in [1.807, 2.05) is 6.92 Å². The zero-order valence-electron chi connectivity index (χ0n) is 22.8. The van der Waals surface area contributed by atoms with Gasteiger partial charge < -0.3 is 29.9 Å². The summed E-state index contributed by atoms with van der Waals surface area (Å²) >= 11 is 0. The summed E-state index contributed by atoms with van der Waals surface area (Å²) < 4.78 is 47.4. The normalized spacial score (nSPS) is 18.7. The molecule has 4 rings (SSSR count). The molecular formula is C28H35F3N4O5. The number of nitrogens with one attached hydrogen (secondary N) is 2. The van der Waals surface area contributed by atoms with Gasteiger partial charge in [-0.1, -0.05) is 12.1 Å². The third-order valence-electron chi connectivity index (χ3n) is 7.98. The van der Waals surface area contributed by atoms with Gasteiger partial charge in [-0.25, -0.2) is 4.79 Å². The molecule has 0 spiro atoms. The van der Waals surface area contributed by atoms with Crippen LogP contribution in [0, 0.1) is 6.92 Å². The number of carbonyl (C=O) groups is 2. The number of likely N-dealkylation sites (tertiary alicyclic amines) is 1. The number of piperidine rings is 1. The number of rotatable bonds is 6. The smallest absolute Gasteiger partial charge is 0.416 e. The second-order valence-corrected chi connectivity index (χ2v) is 10.9. The van der Waals surface area contributed by atoms with E-state index in [1.54, 1.807) is 13.0 Å².